The monoisotopic (exact) mass is 264 g/mol. The van der Waals surface area contributed by atoms with Gasteiger partial charge in [-0.25, -0.2) is 0 Å². The highest BCUT2D eigenvalue weighted by molar-refractivity contribution is 5.31. The second-order valence-corrected chi connectivity index (χ2v) is 4.97. The second-order valence-electron chi connectivity index (χ2n) is 4.97. The van der Waals surface area contributed by atoms with Crippen molar-refractivity contribution in [2.24, 2.45) is 5.73 Å². The zero-order chi connectivity index (χ0) is 13.7. The van der Waals surface area contributed by atoms with E-state index < -0.39 is 0 Å². The van der Waals surface area contributed by atoms with Gasteiger partial charge in [0, 0.05) is 12.6 Å². The van der Waals surface area contributed by atoms with Crippen molar-refractivity contribution in [3.05, 3.63) is 29.8 Å². The molecule has 0 saturated carbocycles. The number of ether oxygens (including phenoxy) is 1. The first-order valence-corrected chi connectivity index (χ1v) is 7.05. The lowest BCUT2D eigenvalue weighted by Crippen LogP contribution is -2.43. The van der Waals surface area contributed by atoms with Crippen LogP contribution < -0.4 is 10.5 Å². The average molecular weight is 264 g/mol. The van der Waals surface area contributed by atoms with Crippen LogP contribution in [0.1, 0.15) is 37.8 Å². The summed E-state index contributed by atoms with van der Waals surface area (Å²) >= 11 is 0. The zero-order valence-corrected chi connectivity index (χ0v) is 11.8. The van der Waals surface area contributed by atoms with Crippen LogP contribution in [0.15, 0.2) is 24.3 Å². The Kier molecular flexibility index (Phi) is 5.19. The van der Waals surface area contributed by atoms with Crippen LogP contribution in [0.3, 0.4) is 0 Å². The molecule has 1 aromatic rings. The van der Waals surface area contributed by atoms with Crippen LogP contribution in [0.25, 0.3) is 0 Å². The van der Waals surface area contributed by atoms with E-state index in [1.54, 1.807) is 7.11 Å². The maximum absolute atomic E-state index is 6.31. The quantitative estimate of drug-likeness (QED) is 0.887. The van der Waals surface area contributed by atoms with E-state index in [2.05, 4.69) is 19.1 Å². The third-order valence-corrected chi connectivity index (χ3v) is 3.65. The lowest BCUT2D eigenvalue weighted by atomic mass is 9.97. The van der Waals surface area contributed by atoms with E-state index in [9.17, 15) is 0 Å². The Bertz CT molecular complexity index is 391. The summed E-state index contributed by atoms with van der Waals surface area (Å²) in [5.74, 6) is 0.864. The minimum Gasteiger partial charge on any atom is -0.497 e. The summed E-state index contributed by atoms with van der Waals surface area (Å²) in [5.41, 5.74) is 7.47. The minimum atomic E-state index is 0.0604. The highest BCUT2D eigenvalue weighted by Gasteiger charge is 2.28. The largest absolute Gasteiger partial charge is 0.497 e. The Hall–Kier alpha value is -1.10. The van der Waals surface area contributed by atoms with Crippen LogP contribution in [0.4, 0.5) is 0 Å². The summed E-state index contributed by atoms with van der Waals surface area (Å²) in [6, 6.07) is 8.27. The highest BCUT2D eigenvalue weighted by atomic mass is 16.7. The molecule has 1 aliphatic rings. The van der Waals surface area contributed by atoms with Gasteiger partial charge in [-0.3, -0.25) is 4.84 Å². The number of hydrogen-bond donors (Lipinski definition) is 1. The maximum Gasteiger partial charge on any atom is 0.119 e. The second kappa shape index (κ2) is 6.89. The molecule has 0 bridgehead atoms. The first-order chi connectivity index (χ1) is 9.26. The van der Waals surface area contributed by atoms with Crippen molar-refractivity contribution in [3.8, 4) is 5.75 Å². The summed E-state index contributed by atoms with van der Waals surface area (Å²) in [7, 11) is 1.69. The molecular weight excluding hydrogens is 240 g/mol. The van der Waals surface area contributed by atoms with Crippen LogP contribution in [-0.4, -0.2) is 31.4 Å². The van der Waals surface area contributed by atoms with Gasteiger partial charge in [0.15, 0.2) is 0 Å². The Labute approximate surface area is 115 Å². The van der Waals surface area contributed by atoms with Crippen molar-refractivity contribution in [1.82, 2.24) is 5.06 Å². The first kappa shape index (κ1) is 14.3. The van der Waals surface area contributed by atoms with Gasteiger partial charge in [0.2, 0.25) is 0 Å². The molecule has 1 heterocycles. The molecule has 1 fully saturated rings. The van der Waals surface area contributed by atoms with Gasteiger partial charge in [0.05, 0.1) is 19.8 Å². The number of methoxy groups -OCH3 is 1. The molecule has 0 spiro atoms. The molecule has 0 aromatic heterocycles. The summed E-state index contributed by atoms with van der Waals surface area (Å²) in [6.07, 6.45) is 3.21. The standard InChI is InChI=1S/C15H24N2O2/c1-3-14(16)15(17-9-4-5-10-19-17)12-7-6-8-13(11-12)18-2/h6-8,11,14-15H,3-5,9-10,16H2,1-2H3. The Morgan fingerprint density at radius 3 is 2.89 bits per heavy atom. The number of nitrogens with zero attached hydrogens (tertiary/aromatic N) is 1. The Morgan fingerprint density at radius 1 is 1.42 bits per heavy atom. The molecule has 2 N–H and O–H groups in total. The molecule has 1 saturated heterocycles. The molecule has 0 aliphatic carbocycles. The normalized spacial score (nSPS) is 19.9. The fourth-order valence-electron chi connectivity index (χ4n) is 2.51. The summed E-state index contributed by atoms with van der Waals surface area (Å²) in [6.45, 7) is 3.84. The molecule has 106 valence electrons. The van der Waals surface area contributed by atoms with Crippen molar-refractivity contribution in [1.29, 1.82) is 0 Å². The Morgan fingerprint density at radius 2 is 2.26 bits per heavy atom. The average Bonchev–Trinajstić information content (AvgIpc) is 2.48. The van der Waals surface area contributed by atoms with Crippen molar-refractivity contribution in [2.75, 3.05) is 20.3 Å². The third-order valence-electron chi connectivity index (χ3n) is 3.65. The topological polar surface area (TPSA) is 47.7 Å². The van der Waals surface area contributed by atoms with Crippen LogP contribution in [0.2, 0.25) is 0 Å². The minimum absolute atomic E-state index is 0.0604. The fourth-order valence-corrected chi connectivity index (χ4v) is 2.51. The lowest BCUT2D eigenvalue weighted by Gasteiger charge is -2.37. The van der Waals surface area contributed by atoms with Crippen LogP contribution in [0.5, 0.6) is 5.75 Å². The van der Waals surface area contributed by atoms with Crippen molar-refractivity contribution >= 4 is 0 Å². The molecule has 2 rings (SSSR count). The smallest absolute Gasteiger partial charge is 0.119 e. The van der Waals surface area contributed by atoms with Gasteiger partial charge < -0.3 is 10.5 Å². The molecule has 2 atom stereocenters. The number of benzene rings is 1. The SMILES string of the molecule is CCC(N)C(c1cccc(OC)c1)N1CCCCO1. The van der Waals surface area contributed by atoms with Crippen LogP contribution in [0, 0.1) is 0 Å². The molecule has 4 nitrogen and oxygen atoms in total. The predicted octanol–water partition coefficient (Wildman–Crippen LogP) is 2.50. The molecule has 0 radical (unpaired) electrons. The van der Waals surface area contributed by atoms with E-state index >= 15 is 0 Å². The fraction of sp³-hybridized carbons (Fsp3) is 0.600. The van der Waals surface area contributed by atoms with Gasteiger partial charge in [0.1, 0.15) is 5.75 Å². The summed E-state index contributed by atoms with van der Waals surface area (Å²) in [5, 5.41) is 2.05. The molecular formula is C15H24N2O2. The predicted molar refractivity (Wildman–Crippen MR) is 75.9 cm³/mol. The van der Waals surface area contributed by atoms with E-state index in [0.29, 0.717) is 0 Å². The highest BCUT2D eigenvalue weighted by Crippen LogP contribution is 2.29. The van der Waals surface area contributed by atoms with Crippen molar-refractivity contribution in [2.45, 2.75) is 38.3 Å². The molecule has 1 aliphatic heterocycles. The molecule has 4 heteroatoms. The van der Waals surface area contributed by atoms with Gasteiger partial charge >= 0.3 is 0 Å². The van der Waals surface area contributed by atoms with Gasteiger partial charge in [0.25, 0.3) is 0 Å². The van der Waals surface area contributed by atoms with E-state index in [4.69, 9.17) is 15.3 Å². The molecule has 0 amide bonds. The third kappa shape index (κ3) is 3.47. The number of hydrogen-bond acceptors (Lipinski definition) is 4. The van der Waals surface area contributed by atoms with E-state index in [1.165, 1.54) is 0 Å². The number of rotatable bonds is 5. The number of nitrogens with two attached hydrogens (primary N) is 1. The van der Waals surface area contributed by atoms with Crippen LogP contribution in [-0.2, 0) is 4.84 Å². The first-order valence-electron chi connectivity index (χ1n) is 7.05. The molecule has 2 unspecified atom stereocenters. The van der Waals surface area contributed by atoms with E-state index in [0.717, 1.165) is 43.7 Å². The Balaban J connectivity index is 2.24. The van der Waals surface area contributed by atoms with E-state index in [1.807, 2.05) is 17.2 Å². The zero-order valence-electron chi connectivity index (χ0n) is 11.8. The van der Waals surface area contributed by atoms with Crippen LogP contribution >= 0.6 is 0 Å². The molecule has 1 aromatic carbocycles. The van der Waals surface area contributed by atoms with Gasteiger partial charge in [-0.1, -0.05) is 19.1 Å². The van der Waals surface area contributed by atoms with Crippen molar-refractivity contribution in [3.63, 3.8) is 0 Å². The van der Waals surface area contributed by atoms with Gasteiger partial charge in [-0.2, -0.15) is 5.06 Å². The maximum atomic E-state index is 6.31. The van der Waals surface area contributed by atoms with Gasteiger partial charge in [-0.05, 0) is 37.0 Å². The summed E-state index contributed by atoms with van der Waals surface area (Å²) in [4.78, 5) is 5.80. The van der Waals surface area contributed by atoms with Crippen molar-refractivity contribution < 1.29 is 9.57 Å². The lowest BCUT2D eigenvalue weighted by molar-refractivity contribution is -0.212. The molecule has 19 heavy (non-hydrogen) atoms. The summed E-state index contributed by atoms with van der Waals surface area (Å²) < 4.78 is 5.31. The van der Waals surface area contributed by atoms with E-state index in [-0.39, 0.29) is 12.1 Å². The number of hydroxylamine groups is 2. The van der Waals surface area contributed by atoms with Gasteiger partial charge in [-0.15, -0.1) is 0 Å².